The summed E-state index contributed by atoms with van der Waals surface area (Å²) in [5.74, 6) is 0. The molecule has 0 spiro atoms. The third-order valence-corrected chi connectivity index (χ3v) is 11.5. The van der Waals surface area contributed by atoms with Gasteiger partial charge in [-0.25, -0.2) is 0 Å². The normalized spacial score (nSPS) is 19.6. The minimum Gasteiger partial charge on any atom is -0.336 e. The van der Waals surface area contributed by atoms with E-state index in [1.807, 2.05) is 0 Å². The zero-order chi connectivity index (χ0) is 10.7. The van der Waals surface area contributed by atoms with Crippen molar-refractivity contribution in [3.8, 4) is 0 Å². The Morgan fingerprint density at radius 3 is 2.08 bits per heavy atom. The molecule has 80 valence electrons. The molecule has 0 aliphatic carbocycles. The van der Waals surface area contributed by atoms with Gasteiger partial charge in [-0.3, -0.25) is 0 Å². The first kappa shape index (κ1) is 13.7. The first-order valence-corrected chi connectivity index (χ1v) is 8.64. The standard InChI is InChI=1S/C10H24BrNSi/c1-7-8-12-13(6,9(2)11)10(3,4)5/h9,12H,7-8H2,1-6H3. The van der Waals surface area contributed by atoms with Crippen LogP contribution in [-0.4, -0.2) is 19.2 Å². The molecule has 0 aliphatic rings. The summed E-state index contributed by atoms with van der Waals surface area (Å²) in [5.41, 5.74) is 0. The number of nitrogens with one attached hydrogen (secondary N) is 1. The molecule has 0 saturated heterocycles. The molecule has 1 nitrogen and oxygen atoms in total. The molecule has 0 fully saturated rings. The Kier molecular flexibility index (Phi) is 5.19. The SMILES string of the molecule is CCCN[Si](C)(C(C)Br)C(C)(C)C. The Balaban J connectivity index is 4.54. The zero-order valence-electron chi connectivity index (χ0n) is 9.87. The van der Waals surface area contributed by atoms with E-state index in [1.165, 1.54) is 6.42 Å². The van der Waals surface area contributed by atoms with Gasteiger partial charge in [0, 0.05) is 4.45 Å². The van der Waals surface area contributed by atoms with Gasteiger partial charge in [0.05, 0.1) is 0 Å². The highest BCUT2D eigenvalue weighted by Gasteiger charge is 2.43. The Morgan fingerprint density at radius 2 is 1.85 bits per heavy atom. The number of rotatable bonds is 4. The van der Waals surface area contributed by atoms with Gasteiger partial charge < -0.3 is 4.98 Å². The van der Waals surface area contributed by atoms with Crippen LogP contribution in [-0.2, 0) is 0 Å². The molecule has 0 bridgehead atoms. The van der Waals surface area contributed by atoms with E-state index in [0.29, 0.717) is 9.49 Å². The van der Waals surface area contributed by atoms with Gasteiger partial charge in [0.15, 0.2) is 0 Å². The molecular weight excluding hydrogens is 242 g/mol. The van der Waals surface area contributed by atoms with E-state index in [0.717, 1.165) is 6.54 Å². The maximum Gasteiger partial charge on any atom is 0.141 e. The molecule has 3 heteroatoms. The summed E-state index contributed by atoms with van der Waals surface area (Å²) in [6, 6.07) is 0. The van der Waals surface area contributed by atoms with E-state index in [1.54, 1.807) is 0 Å². The van der Waals surface area contributed by atoms with Crippen molar-refractivity contribution in [3.05, 3.63) is 0 Å². The van der Waals surface area contributed by atoms with Crippen LogP contribution in [0.25, 0.3) is 0 Å². The largest absolute Gasteiger partial charge is 0.336 e. The molecule has 0 aromatic rings. The van der Waals surface area contributed by atoms with Crippen LogP contribution in [0, 0.1) is 0 Å². The van der Waals surface area contributed by atoms with Gasteiger partial charge in [0.1, 0.15) is 8.24 Å². The van der Waals surface area contributed by atoms with Crippen LogP contribution in [0.15, 0.2) is 0 Å². The molecule has 0 aromatic carbocycles. The molecular formula is C10H24BrNSi. The van der Waals surface area contributed by atoms with Crippen molar-refractivity contribution in [2.75, 3.05) is 6.54 Å². The maximum atomic E-state index is 3.78. The van der Waals surface area contributed by atoms with E-state index < -0.39 is 8.24 Å². The number of hydrogen-bond acceptors (Lipinski definition) is 1. The highest BCUT2D eigenvalue weighted by molar-refractivity contribution is 9.10. The van der Waals surface area contributed by atoms with Crippen molar-refractivity contribution in [1.82, 2.24) is 4.98 Å². The molecule has 2 atom stereocenters. The predicted molar refractivity (Wildman–Crippen MR) is 68.0 cm³/mol. The quantitative estimate of drug-likeness (QED) is 0.604. The van der Waals surface area contributed by atoms with Crippen LogP contribution in [0.4, 0.5) is 0 Å². The lowest BCUT2D eigenvalue weighted by Gasteiger charge is -2.43. The fraction of sp³-hybridized carbons (Fsp3) is 1.00. The van der Waals surface area contributed by atoms with Gasteiger partial charge in [0.2, 0.25) is 0 Å². The predicted octanol–water partition coefficient (Wildman–Crippen LogP) is 3.68. The van der Waals surface area contributed by atoms with Crippen molar-refractivity contribution < 1.29 is 0 Å². The van der Waals surface area contributed by atoms with Gasteiger partial charge in [-0.05, 0) is 18.0 Å². The second kappa shape index (κ2) is 4.94. The first-order chi connectivity index (χ1) is 5.75. The summed E-state index contributed by atoms with van der Waals surface area (Å²) < 4.78 is 0.617. The van der Waals surface area contributed by atoms with Crippen LogP contribution in [0.2, 0.25) is 11.6 Å². The van der Waals surface area contributed by atoms with Crippen LogP contribution in [0.5, 0.6) is 0 Å². The fourth-order valence-corrected chi connectivity index (χ4v) is 6.71. The number of hydrogen-bond donors (Lipinski definition) is 1. The van der Waals surface area contributed by atoms with Crippen LogP contribution in [0.1, 0.15) is 41.0 Å². The molecule has 0 aromatic heterocycles. The number of alkyl halides is 1. The van der Waals surface area contributed by atoms with Crippen molar-refractivity contribution in [3.63, 3.8) is 0 Å². The highest BCUT2D eigenvalue weighted by Crippen LogP contribution is 2.38. The van der Waals surface area contributed by atoms with E-state index in [-0.39, 0.29) is 0 Å². The van der Waals surface area contributed by atoms with Crippen molar-refractivity contribution in [1.29, 1.82) is 0 Å². The average molecular weight is 266 g/mol. The minimum atomic E-state index is -1.38. The molecule has 0 saturated carbocycles. The van der Waals surface area contributed by atoms with E-state index in [2.05, 4.69) is 62.1 Å². The van der Waals surface area contributed by atoms with Gasteiger partial charge in [-0.2, -0.15) is 0 Å². The lowest BCUT2D eigenvalue weighted by Crippen LogP contribution is -2.60. The summed E-state index contributed by atoms with van der Waals surface area (Å²) >= 11 is 3.76. The van der Waals surface area contributed by atoms with E-state index >= 15 is 0 Å². The second-order valence-corrected chi connectivity index (χ2v) is 12.3. The highest BCUT2D eigenvalue weighted by atomic mass is 79.9. The minimum absolute atomic E-state index is 0.408. The van der Waals surface area contributed by atoms with Crippen LogP contribution >= 0.6 is 15.9 Å². The van der Waals surface area contributed by atoms with Crippen LogP contribution in [0.3, 0.4) is 0 Å². The molecule has 0 heterocycles. The smallest absolute Gasteiger partial charge is 0.141 e. The lowest BCUT2D eigenvalue weighted by atomic mass is 10.2. The Hall–Kier alpha value is 0.657. The second-order valence-electron chi connectivity index (χ2n) is 5.00. The monoisotopic (exact) mass is 265 g/mol. The van der Waals surface area contributed by atoms with Gasteiger partial charge in [0.25, 0.3) is 0 Å². The summed E-state index contributed by atoms with van der Waals surface area (Å²) in [6.45, 7) is 15.1. The van der Waals surface area contributed by atoms with Gasteiger partial charge >= 0.3 is 0 Å². The molecule has 2 unspecified atom stereocenters. The Morgan fingerprint density at radius 1 is 1.38 bits per heavy atom. The zero-order valence-corrected chi connectivity index (χ0v) is 12.5. The summed E-state index contributed by atoms with van der Waals surface area (Å²) in [6.07, 6.45) is 1.22. The molecule has 0 aliphatic heterocycles. The van der Waals surface area contributed by atoms with Crippen molar-refractivity contribution >= 4 is 24.2 Å². The summed E-state index contributed by atoms with van der Waals surface area (Å²) in [4.78, 5) is 3.78. The number of halogens is 1. The van der Waals surface area contributed by atoms with Gasteiger partial charge in [-0.15, -0.1) is 0 Å². The lowest BCUT2D eigenvalue weighted by molar-refractivity contribution is 0.667. The topological polar surface area (TPSA) is 12.0 Å². The third-order valence-electron chi connectivity index (χ3n) is 3.10. The summed E-state index contributed by atoms with van der Waals surface area (Å²) in [7, 11) is -1.38. The Labute approximate surface area is 92.9 Å². The summed E-state index contributed by atoms with van der Waals surface area (Å²) in [5, 5.41) is 0.408. The molecule has 0 amide bonds. The fourth-order valence-electron chi connectivity index (χ4n) is 1.39. The first-order valence-electron chi connectivity index (χ1n) is 5.14. The third kappa shape index (κ3) is 3.37. The molecule has 0 radical (unpaired) electrons. The maximum absolute atomic E-state index is 3.78. The van der Waals surface area contributed by atoms with Crippen LogP contribution < -0.4 is 4.98 Å². The Bertz CT molecular complexity index is 153. The molecule has 0 rings (SSSR count). The average Bonchev–Trinajstić information content (AvgIpc) is 1.97. The van der Waals surface area contributed by atoms with E-state index in [4.69, 9.17) is 0 Å². The van der Waals surface area contributed by atoms with E-state index in [9.17, 15) is 0 Å². The molecule has 13 heavy (non-hydrogen) atoms. The van der Waals surface area contributed by atoms with Crippen molar-refractivity contribution in [2.24, 2.45) is 0 Å². The van der Waals surface area contributed by atoms with Gasteiger partial charge in [-0.1, -0.05) is 57.1 Å². The van der Waals surface area contributed by atoms with Crippen molar-refractivity contribution in [2.45, 2.75) is 57.1 Å². The molecule has 1 N–H and O–H groups in total.